The Bertz CT molecular complexity index is 140. The van der Waals surface area contributed by atoms with Gasteiger partial charge in [-0.25, -0.2) is 0 Å². The first-order valence-corrected chi connectivity index (χ1v) is 3.06. The molecule has 9 nitrogen and oxygen atoms in total. The van der Waals surface area contributed by atoms with Gasteiger partial charge in [0.25, 0.3) is 0 Å². The number of hydrogen-bond acceptors (Lipinski definition) is 6. The Kier molecular flexibility index (Phi) is 45.1. The van der Waals surface area contributed by atoms with Gasteiger partial charge >= 0.3 is 23.1 Å². The molecule has 0 fully saturated rings. The van der Waals surface area contributed by atoms with E-state index in [1.807, 2.05) is 0 Å². The fourth-order valence-corrected chi connectivity index (χ4v) is 0. The maximum absolute atomic E-state index is 9.34. The predicted octanol–water partition coefficient (Wildman–Crippen LogP) is -6.62. The molecular formula is C6H16MgO9. The Morgan fingerprint density at radius 2 is 0.938 bits per heavy atom. The molecule has 0 amide bonds. The molecule has 2 atom stereocenters. The summed E-state index contributed by atoms with van der Waals surface area (Å²) in [5.41, 5.74) is 0. The Balaban J connectivity index is -0.0000000250. The molecule has 0 heterocycles. The number of carboxylic acids is 2. The molecule has 96 valence electrons. The van der Waals surface area contributed by atoms with Crippen LogP contribution in [0.2, 0.25) is 0 Å². The minimum absolute atomic E-state index is 0. The molecule has 8 N–H and O–H groups in total. The van der Waals surface area contributed by atoms with Crippen molar-refractivity contribution in [1.29, 1.82) is 0 Å². The molecule has 0 bridgehead atoms. The van der Waals surface area contributed by atoms with Crippen LogP contribution in [0.15, 0.2) is 0 Å². The number of carbonyl (C=O) groups excluding carboxylic acids is 2. The first kappa shape index (κ1) is 36.1. The number of carboxylic acid groups (broad SMARTS) is 2. The van der Waals surface area contributed by atoms with Crippen molar-refractivity contribution in [3.63, 3.8) is 0 Å². The second kappa shape index (κ2) is 20.0. The zero-order chi connectivity index (χ0) is 10.3. The van der Waals surface area contributed by atoms with E-state index in [4.69, 9.17) is 10.2 Å². The molecule has 0 unspecified atom stereocenters. The predicted molar refractivity (Wildman–Crippen MR) is 50.0 cm³/mol. The summed E-state index contributed by atoms with van der Waals surface area (Å²) in [7, 11) is 0. The molecule has 0 saturated heterocycles. The molecule has 0 rings (SSSR count). The molecule has 0 aliphatic carbocycles. The van der Waals surface area contributed by atoms with Gasteiger partial charge in [0.1, 0.15) is 0 Å². The fraction of sp³-hybridized carbons (Fsp3) is 0.667. The van der Waals surface area contributed by atoms with Gasteiger partial charge in [0.05, 0.1) is 24.1 Å². The van der Waals surface area contributed by atoms with E-state index in [1.54, 1.807) is 0 Å². The molecule has 0 radical (unpaired) electrons. The summed E-state index contributed by atoms with van der Waals surface area (Å²) in [5.74, 6) is -2.87. The minimum Gasteiger partial charge on any atom is -0.547 e. The summed E-state index contributed by atoms with van der Waals surface area (Å²) in [6, 6.07) is 0. The Morgan fingerprint density at radius 1 is 0.875 bits per heavy atom. The van der Waals surface area contributed by atoms with Crippen LogP contribution >= 0.6 is 0 Å². The van der Waals surface area contributed by atoms with Crippen LogP contribution in [-0.4, -0.2) is 73.8 Å². The van der Waals surface area contributed by atoms with Gasteiger partial charge in [0.2, 0.25) is 0 Å². The van der Waals surface area contributed by atoms with Crippen molar-refractivity contribution in [2.45, 2.75) is 26.1 Å². The van der Waals surface area contributed by atoms with Gasteiger partial charge in [0, 0.05) is 0 Å². The van der Waals surface area contributed by atoms with Gasteiger partial charge < -0.3 is 46.4 Å². The van der Waals surface area contributed by atoms with Gasteiger partial charge in [-0.3, -0.25) is 0 Å². The number of carbonyl (C=O) groups is 2. The molecule has 0 aromatic heterocycles. The van der Waals surface area contributed by atoms with Gasteiger partial charge in [-0.2, -0.15) is 0 Å². The minimum atomic E-state index is -1.44. The Morgan fingerprint density at radius 3 is 0.938 bits per heavy atom. The third-order valence-corrected chi connectivity index (χ3v) is 0.682. The van der Waals surface area contributed by atoms with Crippen LogP contribution in [0, 0.1) is 0 Å². The van der Waals surface area contributed by atoms with E-state index in [0.29, 0.717) is 0 Å². The van der Waals surface area contributed by atoms with Crippen LogP contribution in [0.1, 0.15) is 13.8 Å². The topological polar surface area (TPSA) is 215 Å². The Labute approximate surface area is 108 Å². The summed E-state index contributed by atoms with van der Waals surface area (Å²) in [5, 5.41) is 34.6. The summed E-state index contributed by atoms with van der Waals surface area (Å²) in [6.45, 7) is 2.27. The number of aliphatic carboxylic acids is 2. The van der Waals surface area contributed by atoms with Crippen molar-refractivity contribution in [2.75, 3.05) is 0 Å². The smallest absolute Gasteiger partial charge is 0.547 e. The van der Waals surface area contributed by atoms with Gasteiger partial charge in [-0.15, -0.1) is 0 Å². The van der Waals surface area contributed by atoms with Crippen LogP contribution in [0.5, 0.6) is 0 Å². The molecule has 0 spiro atoms. The Hall–Kier alpha value is -0.494. The van der Waals surface area contributed by atoms with E-state index in [-0.39, 0.29) is 39.5 Å². The second-order valence-electron chi connectivity index (χ2n) is 1.99. The monoisotopic (exact) mass is 256 g/mol. The normalized spacial score (nSPS) is 10.2. The number of rotatable bonds is 2. The van der Waals surface area contributed by atoms with Crippen LogP contribution in [0.4, 0.5) is 0 Å². The molecule has 0 aromatic rings. The zero-order valence-electron chi connectivity index (χ0n) is 8.89. The summed E-state index contributed by atoms with van der Waals surface area (Å²) < 4.78 is 0. The first-order chi connectivity index (χ1) is 5.29. The number of aliphatic hydroxyl groups excluding tert-OH is 2. The van der Waals surface area contributed by atoms with E-state index in [9.17, 15) is 19.8 Å². The van der Waals surface area contributed by atoms with Gasteiger partial charge in [0.15, 0.2) is 0 Å². The van der Waals surface area contributed by atoms with Gasteiger partial charge in [-0.1, -0.05) is 0 Å². The second-order valence-corrected chi connectivity index (χ2v) is 1.99. The fourth-order valence-electron chi connectivity index (χ4n) is 0. The van der Waals surface area contributed by atoms with E-state index in [0.717, 1.165) is 13.8 Å². The van der Waals surface area contributed by atoms with E-state index < -0.39 is 24.1 Å². The summed E-state index contributed by atoms with van der Waals surface area (Å²) >= 11 is 0. The molecule has 0 aliphatic rings. The number of aliphatic hydroxyl groups is 2. The zero-order valence-corrected chi connectivity index (χ0v) is 10.3. The summed E-state index contributed by atoms with van der Waals surface area (Å²) in [4.78, 5) is 18.7. The SMILES string of the molecule is C[C@@H](O)C(=O)[O-].C[C@@H](O)C(=O)[O-].O.O.O.[Mg+2]. The van der Waals surface area contributed by atoms with Crippen molar-refractivity contribution in [2.24, 2.45) is 0 Å². The van der Waals surface area contributed by atoms with Crippen molar-refractivity contribution in [3.8, 4) is 0 Å². The van der Waals surface area contributed by atoms with E-state index >= 15 is 0 Å². The average Bonchev–Trinajstić information content (AvgIpc) is 1.88. The van der Waals surface area contributed by atoms with Crippen LogP contribution in [-0.2, 0) is 9.59 Å². The standard InChI is InChI=1S/2C3H6O3.Mg.3H2O/c2*1-2(4)3(5)6;;;;/h2*2,4H,1H3,(H,5,6);;3*1H2/q;;+2;;;/p-2/t2*2-;;;;/m11..../s1. The average molecular weight is 256 g/mol. The summed E-state index contributed by atoms with van der Waals surface area (Å²) in [6.07, 6.45) is -2.69. The molecular weight excluding hydrogens is 240 g/mol. The third-order valence-electron chi connectivity index (χ3n) is 0.682. The maximum Gasteiger partial charge on any atom is 2.00 e. The van der Waals surface area contributed by atoms with E-state index in [1.165, 1.54) is 0 Å². The van der Waals surface area contributed by atoms with Crippen molar-refractivity contribution in [1.82, 2.24) is 0 Å². The molecule has 0 saturated carbocycles. The molecule has 0 aromatic carbocycles. The van der Waals surface area contributed by atoms with Crippen molar-refractivity contribution in [3.05, 3.63) is 0 Å². The quantitative estimate of drug-likeness (QED) is 0.457. The van der Waals surface area contributed by atoms with Crippen LogP contribution in [0.3, 0.4) is 0 Å². The van der Waals surface area contributed by atoms with Crippen molar-refractivity contribution >= 4 is 35.0 Å². The van der Waals surface area contributed by atoms with Crippen LogP contribution in [0.25, 0.3) is 0 Å². The molecule has 10 heteroatoms. The third kappa shape index (κ3) is 37.5. The van der Waals surface area contributed by atoms with Crippen LogP contribution < -0.4 is 10.2 Å². The molecule has 16 heavy (non-hydrogen) atoms. The first-order valence-electron chi connectivity index (χ1n) is 3.06. The number of hydrogen-bond donors (Lipinski definition) is 2. The molecule has 0 aliphatic heterocycles. The van der Waals surface area contributed by atoms with E-state index in [2.05, 4.69) is 0 Å². The van der Waals surface area contributed by atoms with Crippen molar-refractivity contribution < 1.29 is 46.4 Å². The van der Waals surface area contributed by atoms with Gasteiger partial charge in [-0.05, 0) is 13.8 Å². The maximum atomic E-state index is 9.34. The largest absolute Gasteiger partial charge is 2.00 e.